The number of anilines is 1. The maximum atomic E-state index is 13.6. The Morgan fingerprint density at radius 2 is 1.70 bits per heavy atom. The molecule has 1 atom stereocenters. The third kappa shape index (κ3) is 8.92. The first kappa shape index (κ1) is 30.4. The molecule has 0 aliphatic rings. The fourth-order valence-corrected chi connectivity index (χ4v) is 4.55. The van der Waals surface area contributed by atoms with Gasteiger partial charge >= 0.3 is 6.18 Å². The average molecular weight is 562 g/mol. The van der Waals surface area contributed by atoms with Gasteiger partial charge in [0.25, 0.3) is 0 Å². The van der Waals surface area contributed by atoms with Gasteiger partial charge in [-0.1, -0.05) is 50.6 Å². The molecule has 0 bridgehead atoms. The van der Waals surface area contributed by atoms with Crippen molar-refractivity contribution in [3.8, 4) is 0 Å². The normalized spacial score (nSPS) is 12.8. The van der Waals surface area contributed by atoms with Crippen LogP contribution in [-0.2, 0) is 32.3 Å². The second-order valence-corrected chi connectivity index (χ2v) is 11.4. The number of hydrogen-bond donors (Lipinski definition) is 1. The van der Waals surface area contributed by atoms with E-state index < -0.39 is 46.2 Å². The maximum absolute atomic E-state index is 13.6. The third-order valence-electron chi connectivity index (χ3n) is 5.48. The molecular formula is C25H31ClF3N3O4S. The van der Waals surface area contributed by atoms with Crippen LogP contribution in [0.15, 0.2) is 48.5 Å². The van der Waals surface area contributed by atoms with E-state index >= 15 is 0 Å². The summed E-state index contributed by atoms with van der Waals surface area (Å²) in [6.07, 6.45) is -3.67. The molecule has 1 N–H and O–H groups in total. The summed E-state index contributed by atoms with van der Waals surface area (Å²) in [5, 5.41) is 3.26. The first-order chi connectivity index (χ1) is 17.1. The van der Waals surface area contributed by atoms with E-state index in [0.29, 0.717) is 27.5 Å². The minimum Gasteiger partial charge on any atom is -0.354 e. The molecule has 0 aliphatic carbocycles. The molecule has 7 nitrogen and oxygen atoms in total. The third-order valence-corrected chi connectivity index (χ3v) is 6.87. The number of nitrogens with zero attached hydrogens (tertiary/aromatic N) is 2. The highest BCUT2D eigenvalue weighted by atomic mass is 35.5. The van der Waals surface area contributed by atoms with Gasteiger partial charge in [0, 0.05) is 18.1 Å². The largest absolute Gasteiger partial charge is 0.416 e. The fraction of sp³-hybridized carbons (Fsp3) is 0.440. The zero-order chi connectivity index (χ0) is 28.0. The van der Waals surface area contributed by atoms with Crippen molar-refractivity contribution in [3.63, 3.8) is 0 Å². The molecule has 12 heteroatoms. The van der Waals surface area contributed by atoms with Gasteiger partial charge in [0.1, 0.15) is 12.6 Å². The van der Waals surface area contributed by atoms with E-state index in [1.54, 1.807) is 31.2 Å². The van der Waals surface area contributed by atoms with E-state index in [1.807, 2.05) is 13.8 Å². The Balaban J connectivity index is 2.46. The summed E-state index contributed by atoms with van der Waals surface area (Å²) in [6, 6.07) is 9.36. The van der Waals surface area contributed by atoms with Crippen LogP contribution < -0.4 is 9.62 Å². The second kappa shape index (κ2) is 12.6. The van der Waals surface area contributed by atoms with Gasteiger partial charge in [-0.3, -0.25) is 13.9 Å². The minimum absolute atomic E-state index is 0.0379. The van der Waals surface area contributed by atoms with Crippen molar-refractivity contribution in [2.24, 2.45) is 5.92 Å². The Morgan fingerprint density at radius 3 is 2.22 bits per heavy atom. The zero-order valence-corrected chi connectivity index (χ0v) is 22.6. The first-order valence-corrected chi connectivity index (χ1v) is 13.8. The lowest BCUT2D eigenvalue weighted by molar-refractivity contribution is -0.140. The monoisotopic (exact) mass is 561 g/mol. The molecular weight excluding hydrogens is 531 g/mol. The molecule has 0 saturated carbocycles. The summed E-state index contributed by atoms with van der Waals surface area (Å²) in [5.41, 5.74) is -0.726. The lowest BCUT2D eigenvalue weighted by atomic mass is 10.1. The zero-order valence-electron chi connectivity index (χ0n) is 21.0. The molecule has 204 valence electrons. The lowest BCUT2D eigenvalue weighted by Gasteiger charge is -2.33. The molecule has 0 heterocycles. The van der Waals surface area contributed by atoms with Gasteiger partial charge in [-0.25, -0.2) is 8.42 Å². The van der Waals surface area contributed by atoms with Crippen molar-refractivity contribution in [3.05, 3.63) is 64.7 Å². The standard InChI is InChI=1S/C25H31ClF3N3O4S/c1-5-22(24(34)30-14-17(2)3)31(15-18-9-11-20(26)12-10-18)23(33)16-32(37(4,35)36)21-8-6-7-19(13-21)25(27,28)29/h6-13,17,22H,5,14-16H2,1-4H3,(H,30,34)/t22-/m1/s1. The highest BCUT2D eigenvalue weighted by molar-refractivity contribution is 7.92. The lowest BCUT2D eigenvalue weighted by Crippen LogP contribution is -2.52. The van der Waals surface area contributed by atoms with Crippen LogP contribution in [0.25, 0.3) is 0 Å². The van der Waals surface area contributed by atoms with Crippen LogP contribution >= 0.6 is 11.6 Å². The molecule has 0 aliphatic heterocycles. The van der Waals surface area contributed by atoms with Gasteiger partial charge in [0.05, 0.1) is 17.5 Å². The number of nitrogens with one attached hydrogen (secondary N) is 1. The quantitative estimate of drug-likeness (QED) is 0.431. The van der Waals surface area contributed by atoms with Crippen LogP contribution in [-0.4, -0.2) is 50.5 Å². The molecule has 2 aromatic carbocycles. The number of halogens is 4. The Labute approximate surface area is 220 Å². The Morgan fingerprint density at radius 1 is 1.08 bits per heavy atom. The van der Waals surface area contributed by atoms with Gasteiger partial charge in [-0.2, -0.15) is 13.2 Å². The van der Waals surface area contributed by atoms with Crippen molar-refractivity contribution in [2.75, 3.05) is 23.7 Å². The van der Waals surface area contributed by atoms with E-state index in [4.69, 9.17) is 11.6 Å². The number of hydrogen-bond acceptors (Lipinski definition) is 4. The van der Waals surface area contributed by atoms with E-state index in [-0.39, 0.29) is 24.6 Å². The van der Waals surface area contributed by atoms with Crippen molar-refractivity contribution < 1.29 is 31.2 Å². The van der Waals surface area contributed by atoms with E-state index in [1.165, 1.54) is 11.0 Å². The van der Waals surface area contributed by atoms with Crippen LogP contribution in [0, 0.1) is 5.92 Å². The molecule has 2 amide bonds. The molecule has 2 rings (SSSR count). The van der Waals surface area contributed by atoms with Gasteiger partial charge < -0.3 is 10.2 Å². The second-order valence-electron chi connectivity index (χ2n) is 9.03. The predicted octanol–water partition coefficient (Wildman–Crippen LogP) is 4.70. The number of alkyl halides is 3. The Kier molecular flexibility index (Phi) is 10.4. The predicted molar refractivity (Wildman–Crippen MR) is 138 cm³/mol. The molecule has 2 aromatic rings. The van der Waals surface area contributed by atoms with E-state index in [9.17, 15) is 31.2 Å². The number of rotatable bonds is 11. The molecule has 0 unspecified atom stereocenters. The number of carbonyl (C=O) groups is 2. The number of benzene rings is 2. The van der Waals surface area contributed by atoms with Crippen LogP contribution in [0.1, 0.15) is 38.3 Å². The summed E-state index contributed by atoms with van der Waals surface area (Å²) < 4.78 is 65.6. The summed E-state index contributed by atoms with van der Waals surface area (Å²) in [7, 11) is -4.16. The Bertz CT molecular complexity index is 1190. The summed E-state index contributed by atoms with van der Waals surface area (Å²) in [5.74, 6) is -1.00. The van der Waals surface area contributed by atoms with Crippen LogP contribution in [0.5, 0.6) is 0 Å². The van der Waals surface area contributed by atoms with Crippen LogP contribution in [0.3, 0.4) is 0 Å². The Hall–Kier alpha value is -2.79. The van der Waals surface area contributed by atoms with Gasteiger partial charge in [-0.05, 0) is 48.2 Å². The molecule has 37 heavy (non-hydrogen) atoms. The highest BCUT2D eigenvalue weighted by Crippen LogP contribution is 2.32. The number of sulfonamides is 1. The maximum Gasteiger partial charge on any atom is 0.416 e. The van der Waals surface area contributed by atoms with Crippen LogP contribution in [0.2, 0.25) is 5.02 Å². The highest BCUT2D eigenvalue weighted by Gasteiger charge is 2.34. The van der Waals surface area contributed by atoms with Crippen molar-refractivity contribution >= 4 is 39.1 Å². The van der Waals surface area contributed by atoms with Crippen LogP contribution in [0.4, 0.5) is 18.9 Å². The van der Waals surface area contributed by atoms with Crippen molar-refractivity contribution in [1.82, 2.24) is 10.2 Å². The molecule has 0 saturated heterocycles. The number of amides is 2. The first-order valence-electron chi connectivity index (χ1n) is 11.6. The number of carbonyl (C=O) groups excluding carboxylic acids is 2. The summed E-state index contributed by atoms with van der Waals surface area (Å²) >= 11 is 5.96. The van der Waals surface area contributed by atoms with Gasteiger partial charge in [-0.15, -0.1) is 0 Å². The van der Waals surface area contributed by atoms with Crippen molar-refractivity contribution in [2.45, 2.75) is 46.0 Å². The topological polar surface area (TPSA) is 86.8 Å². The molecule has 0 radical (unpaired) electrons. The molecule has 0 fully saturated rings. The smallest absolute Gasteiger partial charge is 0.354 e. The molecule has 0 aromatic heterocycles. The average Bonchev–Trinajstić information content (AvgIpc) is 2.81. The molecule has 0 spiro atoms. The van der Waals surface area contributed by atoms with Gasteiger partial charge in [0.2, 0.25) is 21.8 Å². The van der Waals surface area contributed by atoms with E-state index in [2.05, 4.69) is 5.32 Å². The van der Waals surface area contributed by atoms with Crippen molar-refractivity contribution in [1.29, 1.82) is 0 Å². The SMILES string of the molecule is CC[C@H](C(=O)NCC(C)C)N(Cc1ccc(Cl)cc1)C(=O)CN(c1cccc(C(F)(F)F)c1)S(C)(=O)=O. The van der Waals surface area contributed by atoms with E-state index in [0.717, 1.165) is 18.4 Å². The summed E-state index contributed by atoms with van der Waals surface area (Å²) in [4.78, 5) is 27.8. The summed E-state index contributed by atoms with van der Waals surface area (Å²) in [6.45, 7) is 5.08. The minimum atomic E-state index is -4.70. The van der Waals surface area contributed by atoms with Gasteiger partial charge in [0.15, 0.2) is 0 Å². The fourth-order valence-electron chi connectivity index (χ4n) is 3.58.